The van der Waals surface area contributed by atoms with E-state index in [0.29, 0.717) is 17.1 Å². The molecule has 9 heteroatoms. The second-order valence-corrected chi connectivity index (χ2v) is 8.59. The first kappa shape index (κ1) is 23.8. The van der Waals surface area contributed by atoms with E-state index in [1.807, 2.05) is 18.2 Å². The Morgan fingerprint density at radius 2 is 1.73 bits per heavy atom. The number of aryl methyl sites for hydroxylation is 1. The van der Waals surface area contributed by atoms with E-state index in [1.54, 1.807) is 56.3 Å². The highest BCUT2D eigenvalue weighted by atomic mass is 32.2. The molecule has 0 aromatic heterocycles. The first-order valence-corrected chi connectivity index (χ1v) is 11.0. The van der Waals surface area contributed by atoms with Gasteiger partial charge in [0.15, 0.2) is 6.61 Å². The molecule has 1 unspecified atom stereocenters. The lowest BCUT2D eigenvalue weighted by Gasteiger charge is -2.14. The molecule has 3 rings (SSSR count). The third-order valence-corrected chi connectivity index (χ3v) is 5.74. The normalized spacial score (nSPS) is 11.3. The number of thioether (sulfide) groups is 1. The third-order valence-electron chi connectivity index (χ3n) is 4.62. The van der Waals surface area contributed by atoms with Gasteiger partial charge in [-0.2, -0.15) is 0 Å². The van der Waals surface area contributed by atoms with Gasteiger partial charge in [-0.1, -0.05) is 24.3 Å². The zero-order valence-electron chi connectivity index (χ0n) is 18.1. The number of carbonyl (C=O) groups excluding carboxylic acids is 2. The van der Waals surface area contributed by atoms with Gasteiger partial charge in [-0.25, -0.2) is 0 Å². The SMILES string of the molecule is Cc1ccc([N+](=O)[O-])cc1NC(=O)C(C)Sc1ccc(NC(=O)COc2ccccc2)cc1. The summed E-state index contributed by atoms with van der Waals surface area (Å²) in [6.45, 7) is 3.42. The molecule has 0 bridgehead atoms. The highest BCUT2D eigenvalue weighted by Crippen LogP contribution is 2.27. The number of ether oxygens (including phenoxy) is 1. The number of hydrogen-bond acceptors (Lipinski definition) is 6. The number of para-hydroxylation sites is 1. The number of non-ortho nitro benzene ring substituents is 1. The van der Waals surface area contributed by atoms with Crippen molar-refractivity contribution in [2.24, 2.45) is 0 Å². The Balaban J connectivity index is 1.51. The van der Waals surface area contributed by atoms with E-state index < -0.39 is 10.2 Å². The van der Waals surface area contributed by atoms with E-state index in [9.17, 15) is 19.7 Å². The van der Waals surface area contributed by atoms with Crippen LogP contribution in [0.25, 0.3) is 0 Å². The number of nitro benzene ring substituents is 1. The number of nitro groups is 1. The molecule has 1 atom stereocenters. The Morgan fingerprint density at radius 1 is 1.03 bits per heavy atom. The molecular weight excluding hydrogens is 442 g/mol. The van der Waals surface area contributed by atoms with Crippen LogP contribution in [0.4, 0.5) is 17.1 Å². The van der Waals surface area contributed by atoms with Crippen molar-refractivity contribution >= 4 is 40.6 Å². The van der Waals surface area contributed by atoms with E-state index >= 15 is 0 Å². The summed E-state index contributed by atoms with van der Waals surface area (Å²) in [5.74, 6) is 0.0744. The predicted molar refractivity (Wildman–Crippen MR) is 129 cm³/mol. The van der Waals surface area contributed by atoms with Gasteiger partial charge < -0.3 is 15.4 Å². The molecule has 3 aromatic rings. The molecule has 0 spiro atoms. The average Bonchev–Trinajstić information content (AvgIpc) is 2.81. The maximum absolute atomic E-state index is 12.6. The number of nitrogens with one attached hydrogen (secondary N) is 2. The number of carbonyl (C=O) groups is 2. The number of amides is 2. The molecule has 0 fully saturated rings. The summed E-state index contributed by atoms with van der Waals surface area (Å²) < 4.78 is 5.42. The monoisotopic (exact) mass is 465 g/mol. The molecule has 8 nitrogen and oxygen atoms in total. The van der Waals surface area contributed by atoms with Gasteiger partial charge in [0.1, 0.15) is 5.75 Å². The van der Waals surface area contributed by atoms with Crippen molar-refractivity contribution in [2.45, 2.75) is 24.0 Å². The summed E-state index contributed by atoms with van der Waals surface area (Å²) >= 11 is 1.34. The van der Waals surface area contributed by atoms with Crippen LogP contribution in [0, 0.1) is 17.0 Å². The van der Waals surface area contributed by atoms with E-state index in [-0.39, 0.29) is 24.1 Å². The van der Waals surface area contributed by atoms with Gasteiger partial charge in [-0.3, -0.25) is 19.7 Å². The molecule has 170 valence electrons. The van der Waals surface area contributed by atoms with Gasteiger partial charge in [-0.05, 0) is 55.8 Å². The van der Waals surface area contributed by atoms with Gasteiger partial charge in [-0.15, -0.1) is 11.8 Å². The third kappa shape index (κ3) is 7.08. The van der Waals surface area contributed by atoms with Crippen LogP contribution >= 0.6 is 11.8 Å². The standard InChI is InChI=1S/C24H23N3O5S/c1-16-8-11-19(27(30)31)14-22(16)26-24(29)17(2)33-21-12-9-18(10-13-21)25-23(28)15-32-20-6-4-3-5-7-20/h3-14,17H,15H2,1-2H3,(H,25,28)(H,26,29). The van der Waals surface area contributed by atoms with Crippen LogP contribution in [0.3, 0.4) is 0 Å². The number of benzene rings is 3. The molecule has 0 radical (unpaired) electrons. The van der Waals surface area contributed by atoms with Crippen molar-refractivity contribution in [1.82, 2.24) is 0 Å². The lowest BCUT2D eigenvalue weighted by atomic mass is 10.2. The van der Waals surface area contributed by atoms with Crippen molar-refractivity contribution in [3.8, 4) is 5.75 Å². The minimum atomic E-state index is -0.499. The fourth-order valence-electron chi connectivity index (χ4n) is 2.83. The fourth-order valence-corrected chi connectivity index (χ4v) is 3.70. The molecule has 0 saturated carbocycles. The first-order chi connectivity index (χ1) is 15.8. The van der Waals surface area contributed by atoms with Crippen LogP contribution in [-0.2, 0) is 9.59 Å². The van der Waals surface area contributed by atoms with Crippen LogP contribution in [-0.4, -0.2) is 28.6 Å². The smallest absolute Gasteiger partial charge is 0.271 e. The highest BCUT2D eigenvalue weighted by molar-refractivity contribution is 8.00. The Labute approximate surface area is 195 Å². The van der Waals surface area contributed by atoms with E-state index in [4.69, 9.17) is 4.74 Å². The van der Waals surface area contributed by atoms with Gasteiger partial charge >= 0.3 is 0 Å². The maximum Gasteiger partial charge on any atom is 0.271 e. The lowest BCUT2D eigenvalue weighted by Crippen LogP contribution is -2.23. The van der Waals surface area contributed by atoms with Crippen LogP contribution in [0.1, 0.15) is 12.5 Å². The van der Waals surface area contributed by atoms with E-state index in [2.05, 4.69) is 10.6 Å². The summed E-state index contributed by atoms with van der Waals surface area (Å²) in [5, 5.41) is 16.1. The predicted octanol–water partition coefficient (Wildman–Crippen LogP) is 5.04. The number of rotatable bonds is 9. The Hall–Kier alpha value is -3.85. The minimum absolute atomic E-state index is 0.0805. The molecule has 3 aromatic carbocycles. The average molecular weight is 466 g/mol. The fraction of sp³-hybridized carbons (Fsp3) is 0.167. The number of hydrogen-bond donors (Lipinski definition) is 2. The quantitative estimate of drug-likeness (QED) is 0.260. The maximum atomic E-state index is 12.6. The molecule has 2 N–H and O–H groups in total. The van der Waals surface area contributed by atoms with E-state index in [1.165, 1.54) is 23.9 Å². The minimum Gasteiger partial charge on any atom is -0.484 e. The van der Waals surface area contributed by atoms with Crippen LogP contribution in [0.15, 0.2) is 77.7 Å². The molecular formula is C24H23N3O5S. The molecule has 0 aliphatic rings. The summed E-state index contributed by atoms with van der Waals surface area (Å²) in [6, 6.07) is 20.5. The van der Waals surface area contributed by atoms with Crippen molar-refractivity contribution in [2.75, 3.05) is 17.2 Å². The van der Waals surface area contributed by atoms with E-state index in [0.717, 1.165) is 10.5 Å². The van der Waals surface area contributed by atoms with Gasteiger partial charge in [0.05, 0.1) is 15.9 Å². The second kappa shape index (κ2) is 11.1. The Morgan fingerprint density at radius 3 is 2.39 bits per heavy atom. The summed E-state index contributed by atoms with van der Waals surface area (Å²) in [4.78, 5) is 36.0. The first-order valence-electron chi connectivity index (χ1n) is 10.1. The molecule has 0 heterocycles. The van der Waals surface area contributed by atoms with Crippen LogP contribution in [0.2, 0.25) is 0 Å². The summed E-state index contributed by atoms with van der Waals surface area (Å²) in [5.41, 5.74) is 1.69. The Kier molecular flexibility index (Phi) is 8.04. The number of nitrogens with zero attached hydrogens (tertiary/aromatic N) is 1. The van der Waals surface area contributed by atoms with Crippen molar-refractivity contribution in [3.63, 3.8) is 0 Å². The molecule has 2 amide bonds. The zero-order chi connectivity index (χ0) is 23.8. The lowest BCUT2D eigenvalue weighted by molar-refractivity contribution is -0.384. The summed E-state index contributed by atoms with van der Waals surface area (Å²) in [6.07, 6.45) is 0. The summed E-state index contributed by atoms with van der Waals surface area (Å²) in [7, 11) is 0. The van der Waals surface area contributed by atoms with Crippen molar-refractivity contribution < 1.29 is 19.2 Å². The topological polar surface area (TPSA) is 111 Å². The van der Waals surface area contributed by atoms with Gasteiger partial charge in [0.25, 0.3) is 11.6 Å². The number of anilines is 2. The van der Waals surface area contributed by atoms with Gasteiger partial charge in [0.2, 0.25) is 5.91 Å². The molecule has 33 heavy (non-hydrogen) atoms. The molecule has 0 saturated heterocycles. The highest BCUT2D eigenvalue weighted by Gasteiger charge is 2.17. The largest absolute Gasteiger partial charge is 0.484 e. The van der Waals surface area contributed by atoms with Crippen LogP contribution in [0.5, 0.6) is 5.75 Å². The molecule has 0 aliphatic heterocycles. The Bertz CT molecular complexity index is 1140. The second-order valence-electron chi connectivity index (χ2n) is 7.18. The van der Waals surface area contributed by atoms with Gasteiger partial charge in [0, 0.05) is 22.7 Å². The zero-order valence-corrected chi connectivity index (χ0v) is 18.9. The van der Waals surface area contributed by atoms with Crippen molar-refractivity contribution in [1.29, 1.82) is 0 Å². The molecule has 0 aliphatic carbocycles. The van der Waals surface area contributed by atoms with Crippen LogP contribution < -0.4 is 15.4 Å². The van der Waals surface area contributed by atoms with Crippen molar-refractivity contribution in [3.05, 3.63) is 88.5 Å².